The largest absolute Gasteiger partial charge is 0.491 e. The van der Waals surface area contributed by atoms with Gasteiger partial charge in [0, 0.05) is 7.05 Å². The van der Waals surface area contributed by atoms with Crippen LogP contribution in [0.15, 0.2) is 24.3 Å². The van der Waals surface area contributed by atoms with Gasteiger partial charge in [-0.2, -0.15) is 0 Å². The molecule has 0 aromatic heterocycles. The molecule has 1 aromatic carbocycles. The van der Waals surface area contributed by atoms with Crippen molar-refractivity contribution >= 4 is 40.6 Å². The molecule has 13 heteroatoms. The molecule has 0 saturated carbocycles. The number of amides is 5. The number of imide groups is 1. The molecule has 0 radical (unpaired) electrons. The Balaban J connectivity index is 2.03. The molecule has 2 rings (SSSR count). The molecule has 40 heavy (non-hydrogen) atoms. The Kier molecular flexibility index (Phi) is 12.4. The van der Waals surface area contributed by atoms with Gasteiger partial charge in [-0.15, -0.1) is 0 Å². The summed E-state index contributed by atoms with van der Waals surface area (Å²) in [4.78, 5) is 61.5. The molecule has 0 bridgehead atoms. The average Bonchev–Trinajstić information content (AvgIpc) is 3.21. The van der Waals surface area contributed by atoms with E-state index in [1.807, 2.05) is 34.6 Å². The maximum Gasteiger partial charge on any atom is 0.286 e. The maximum absolute atomic E-state index is 13.4. The van der Waals surface area contributed by atoms with Gasteiger partial charge >= 0.3 is 0 Å². The van der Waals surface area contributed by atoms with Crippen LogP contribution in [0.5, 0.6) is 5.75 Å². The van der Waals surface area contributed by atoms with Crippen molar-refractivity contribution < 1.29 is 38.7 Å². The van der Waals surface area contributed by atoms with E-state index in [0.717, 1.165) is 17.3 Å². The van der Waals surface area contributed by atoms with Gasteiger partial charge in [-0.25, -0.2) is 5.48 Å². The fourth-order valence-corrected chi connectivity index (χ4v) is 5.04. The molecule has 222 valence electrons. The third-order valence-electron chi connectivity index (χ3n) is 6.22. The molecule has 12 nitrogen and oxygen atoms in total. The van der Waals surface area contributed by atoms with Gasteiger partial charge in [0.1, 0.15) is 24.5 Å². The highest BCUT2D eigenvalue weighted by molar-refractivity contribution is 8.15. The van der Waals surface area contributed by atoms with Crippen molar-refractivity contribution in [1.82, 2.24) is 21.4 Å². The lowest BCUT2D eigenvalue weighted by molar-refractivity contribution is -0.152. The van der Waals surface area contributed by atoms with E-state index < -0.39 is 40.5 Å². The number of benzene rings is 1. The van der Waals surface area contributed by atoms with Gasteiger partial charge in [0.25, 0.3) is 11.1 Å². The first kappa shape index (κ1) is 33.0. The predicted octanol–water partition coefficient (Wildman–Crippen LogP) is 1.79. The highest BCUT2D eigenvalue weighted by Gasteiger charge is 2.39. The van der Waals surface area contributed by atoms with Gasteiger partial charge in [-0.05, 0) is 41.9 Å². The molecule has 5 amide bonds. The van der Waals surface area contributed by atoms with Crippen LogP contribution in [-0.4, -0.2) is 71.7 Å². The lowest BCUT2D eigenvalue weighted by atomic mass is 9.84. The van der Waals surface area contributed by atoms with E-state index in [1.54, 1.807) is 29.7 Å². The second-order valence-corrected chi connectivity index (χ2v) is 12.2. The third-order valence-corrected chi connectivity index (χ3v) is 7.20. The van der Waals surface area contributed by atoms with Crippen LogP contribution < -0.4 is 26.2 Å². The minimum Gasteiger partial charge on any atom is -0.491 e. The van der Waals surface area contributed by atoms with Crippen LogP contribution in [-0.2, 0) is 30.3 Å². The first-order valence-corrected chi connectivity index (χ1v) is 14.0. The van der Waals surface area contributed by atoms with Crippen molar-refractivity contribution in [3.8, 4) is 5.75 Å². The molecule has 0 aliphatic carbocycles. The molecule has 4 atom stereocenters. The Morgan fingerprint density at radius 3 is 2.20 bits per heavy atom. The third kappa shape index (κ3) is 9.79. The molecule has 1 aliphatic rings. The topological polar surface area (TPSA) is 172 Å². The van der Waals surface area contributed by atoms with Crippen LogP contribution in [0.4, 0.5) is 4.79 Å². The van der Waals surface area contributed by atoms with Crippen LogP contribution in [0.3, 0.4) is 0 Å². The number of carbonyl (C=O) groups excluding carboxylic acids is 5. The zero-order valence-corrected chi connectivity index (χ0v) is 24.6. The van der Waals surface area contributed by atoms with Gasteiger partial charge in [-0.3, -0.25) is 34.5 Å². The van der Waals surface area contributed by atoms with Crippen molar-refractivity contribution in [2.24, 2.45) is 17.3 Å². The Morgan fingerprint density at radius 2 is 1.70 bits per heavy atom. The summed E-state index contributed by atoms with van der Waals surface area (Å²) in [5, 5.41) is 16.1. The number of hydroxylamine groups is 1. The second kappa shape index (κ2) is 15.0. The number of thioether (sulfide) groups is 1. The molecule has 1 aromatic rings. The minimum absolute atomic E-state index is 0.00280. The smallest absolute Gasteiger partial charge is 0.286 e. The zero-order chi connectivity index (χ0) is 30.0. The van der Waals surface area contributed by atoms with E-state index in [-0.39, 0.29) is 42.6 Å². The van der Waals surface area contributed by atoms with Crippen molar-refractivity contribution in [2.45, 2.75) is 64.9 Å². The Morgan fingerprint density at radius 1 is 1.05 bits per heavy atom. The van der Waals surface area contributed by atoms with Gasteiger partial charge in [0.15, 0.2) is 0 Å². The summed E-state index contributed by atoms with van der Waals surface area (Å²) < 4.78 is 11.4. The van der Waals surface area contributed by atoms with E-state index in [0.29, 0.717) is 12.2 Å². The Hall–Kier alpha value is -3.16. The lowest BCUT2D eigenvalue weighted by Gasteiger charge is -2.33. The summed E-state index contributed by atoms with van der Waals surface area (Å²) in [5.74, 6) is -2.57. The highest BCUT2D eigenvalue weighted by atomic mass is 32.2. The standard InChI is InChI=1S/C27H40N4O8S/c1-15(2)13-18(22(32)29-21(25(35)28-6)27(3,4)5)20(24(34)31-37)39-12-11-38-17-9-7-16(8-10-17)14-19-23(33)30-26(36)40-19/h7-10,15,18-21,37H,11-14H2,1-6H3,(H,28,35)(H,29,32)(H,31,34)(H,30,33,36). The summed E-state index contributed by atoms with van der Waals surface area (Å²) in [7, 11) is 1.48. The Bertz CT molecular complexity index is 1060. The van der Waals surface area contributed by atoms with Gasteiger partial charge in [0.05, 0.1) is 17.8 Å². The van der Waals surface area contributed by atoms with E-state index in [4.69, 9.17) is 9.47 Å². The van der Waals surface area contributed by atoms with Crippen LogP contribution in [0.2, 0.25) is 0 Å². The second-order valence-electron chi connectivity index (χ2n) is 11.0. The summed E-state index contributed by atoms with van der Waals surface area (Å²) >= 11 is 0.965. The lowest BCUT2D eigenvalue weighted by Crippen LogP contribution is -2.56. The predicted molar refractivity (Wildman–Crippen MR) is 149 cm³/mol. The molecular weight excluding hydrogens is 540 g/mol. The number of carbonyl (C=O) groups is 5. The minimum atomic E-state index is -1.33. The molecule has 0 spiro atoms. The molecular formula is C27H40N4O8S. The van der Waals surface area contributed by atoms with Crippen LogP contribution in [0.25, 0.3) is 0 Å². The van der Waals surface area contributed by atoms with Gasteiger partial charge in [0.2, 0.25) is 17.7 Å². The molecule has 1 aliphatic heterocycles. The van der Waals surface area contributed by atoms with Gasteiger partial charge < -0.3 is 20.1 Å². The maximum atomic E-state index is 13.4. The van der Waals surface area contributed by atoms with E-state index in [1.165, 1.54) is 7.05 Å². The molecule has 4 unspecified atom stereocenters. The summed E-state index contributed by atoms with van der Waals surface area (Å²) in [6, 6.07) is 6.15. The van der Waals surface area contributed by atoms with E-state index in [2.05, 4.69) is 16.0 Å². The normalized spacial score (nSPS) is 17.6. The summed E-state index contributed by atoms with van der Waals surface area (Å²) in [6.45, 7) is 9.19. The first-order valence-electron chi connectivity index (χ1n) is 13.1. The van der Waals surface area contributed by atoms with Crippen molar-refractivity contribution in [2.75, 3.05) is 20.3 Å². The number of likely N-dealkylation sites (N-methyl/N-ethyl adjacent to an activating group) is 1. The van der Waals surface area contributed by atoms with Crippen molar-refractivity contribution in [3.05, 3.63) is 29.8 Å². The van der Waals surface area contributed by atoms with Crippen LogP contribution >= 0.6 is 11.8 Å². The fourth-order valence-electron chi connectivity index (χ4n) is 4.18. The fraction of sp³-hybridized carbons (Fsp3) is 0.593. The number of nitrogens with one attached hydrogen (secondary N) is 4. The highest BCUT2D eigenvalue weighted by Crippen LogP contribution is 2.25. The van der Waals surface area contributed by atoms with Crippen molar-refractivity contribution in [3.63, 3.8) is 0 Å². The van der Waals surface area contributed by atoms with E-state index >= 15 is 0 Å². The van der Waals surface area contributed by atoms with Crippen molar-refractivity contribution in [1.29, 1.82) is 0 Å². The summed E-state index contributed by atoms with van der Waals surface area (Å²) in [6.07, 6.45) is -0.667. The monoisotopic (exact) mass is 580 g/mol. The zero-order valence-electron chi connectivity index (χ0n) is 23.7. The molecule has 1 fully saturated rings. The number of ether oxygens (including phenoxy) is 2. The SMILES string of the molecule is CNC(=O)C(NC(=O)C(CC(C)C)C(OCCOc1ccc(CC2SC(=O)NC2=O)cc1)C(=O)NO)C(C)(C)C. The first-order chi connectivity index (χ1) is 18.8. The molecule has 1 heterocycles. The number of rotatable bonds is 14. The van der Waals surface area contributed by atoms with Gasteiger partial charge in [-0.1, -0.05) is 58.5 Å². The van der Waals surface area contributed by atoms with Crippen LogP contribution in [0.1, 0.15) is 46.6 Å². The number of hydrogen-bond acceptors (Lipinski definition) is 9. The van der Waals surface area contributed by atoms with Crippen LogP contribution in [0, 0.1) is 17.3 Å². The quantitative estimate of drug-likeness (QED) is 0.125. The molecule has 1 saturated heterocycles. The average molecular weight is 581 g/mol. The molecule has 5 N–H and O–H groups in total. The number of hydrogen-bond donors (Lipinski definition) is 5. The Labute approximate surface area is 238 Å². The van der Waals surface area contributed by atoms with E-state index in [9.17, 15) is 29.2 Å². The summed E-state index contributed by atoms with van der Waals surface area (Å²) in [5.41, 5.74) is 1.84.